The number of halogens is 1. The van der Waals surface area contributed by atoms with E-state index in [1.54, 1.807) is 31.2 Å². The molecular formula is C18H20ClNO4S. The molecule has 0 aliphatic heterocycles. The molecule has 0 fully saturated rings. The van der Waals surface area contributed by atoms with Crippen molar-refractivity contribution in [1.29, 1.82) is 0 Å². The van der Waals surface area contributed by atoms with Crippen molar-refractivity contribution in [1.82, 2.24) is 0 Å². The van der Waals surface area contributed by atoms with E-state index in [2.05, 4.69) is 5.32 Å². The number of ether oxygens (including phenoxy) is 2. The molecule has 1 aromatic heterocycles. The van der Waals surface area contributed by atoms with Gasteiger partial charge in [-0.3, -0.25) is 4.79 Å². The zero-order valence-electron chi connectivity index (χ0n) is 14.3. The molecule has 0 spiro atoms. The topological polar surface area (TPSA) is 64.6 Å². The summed E-state index contributed by atoms with van der Waals surface area (Å²) >= 11 is 7.24. The predicted molar refractivity (Wildman–Crippen MR) is 100.0 cm³/mol. The zero-order chi connectivity index (χ0) is 18.4. The molecule has 1 aromatic carbocycles. The summed E-state index contributed by atoms with van der Waals surface area (Å²) in [5.41, 5.74) is 1.33. The highest BCUT2D eigenvalue weighted by Gasteiger charge is 2.23. The predicted octanol–water partition coefficient (Wildman–Crippen LogP) is 4.47. The van der Waals surface area contributed by atoms with E-state index in [4.69, 9.17) is 21.1 Å². The van der Waals surface area contributed by atoms with Gasteiger partial charge in [0.05, 0.1) is 12.2 Å². The van der Waals surface area contributed by atoms with Crippen molar-refractivity contribution < 1.29 is 19.1 Å². The van der Waals surface area contributed by atoms with E-state index < -0.39 is 5.97 Å². The van der Waals surface area contributed by atoms with Crippen LogP contribution in [0.1, 0.15) is 34.6 Å². The highest BCUT2D eigenvalue weighted by atomic mass is 35.5. The van der Waals surface area contributed by atoms with Crippen LogP contribution in [-0.2, 0) is 16.0 Å². The molecule has 0 bridgehead atoms. The molecule has 134 valence electrons. The number of rotatable bonds is 7. The van der Waals surface area contributed by atoms with Gasteiger partial charge in [0, 0.05) is 9.90 Å². The third-order valence-electron chi connectivity index (χ3n) is 3.46. The van der Waals surface area contributed by atoms with Crippen LogP contribution in [0.3, 0.4) is 0 Å². The first-order valence-corrected chi connectivity index (χ1v) is 9.13. The minimum atomic E-state index is -0.422. The quantitative estimate of drug-likeness (QED) is 0.719. The van der Waals surface area contributed by atoms with Crippen molar-refractivity contribution in [3.8, 4) is 5.75 Å². The van der Waals surface area contributed by atoms with Gasteiger partial charge in [-0.05, 0) is 44.0 Å². The standard InChI is InChI=1S/C18H20ClNO4S/c1-4-14-11(3)25-17(16(14)18(22)23-5-2)20-15(21)10-24-13-8-6-7-12(19)9-13/h6-9H,4-5,10H2,1-3H3,(H,20,21). The molecule has 0 unspecified atom stereocenters. The van der Waals surface area contributed by atoms with Crippen molar-refractivity contribution >= 4 is 39.8 Å². The van der Waals surface area contributed by atoms with Crippen molar-refractivity contribution in [2.75, 3.05) is 18.5 Å². The van der Waals surface area contributed by atoms with Crippen molar-refractivity contribution in [3.63, 3.8) is 0 Å². The minimum Gasteiger partial charge on any atom is -0.484 e. The Bertz CT molecular complexity index is 772. The van der Waals surface area contributed by atoms with Crippen LogP contribution in [0.4, 0.5) is 5.00 Å². The lowest BCUT2D eigenvalue weighted by Crippen LogP contribution is -2.21. The van der Waals surface area contributed by atoms with Crippen LogP contribution < -0.4 is 10.1 Å². The molecule has 2 rings (SSSR count). The largest absolute Gasteiger partial charge is 0.484 e. The number of thiophene rings is 1. The summed E-state index contributed by atoms with van der Waals surface area (Å²) in [6, 6.07) is 6.81. The molecule has 0 saturated heterocycles. The number of benzene rings is 1. The monoisotopic (exact) mass is 381 g/mol. The highest BCUT2D eigenvalue weighted by molar-refractivity contribution is 7.16. The van der Waals surface area contributed by atoms with Crippen LogP contribution in [0.15, 0.2) is 24.3 Å². The van der Waals surface area contributed by atoms with E-state index >= 15 is 0 Å². The van der Waals surface area contributed by atoms with Gasteiger partial charge in [0.1, 0.15) is 10.8 Å². The van der Waals surface area contributed by atoms with E-state index in [1.165, 1.54) is 11.3 Å². The second kappa shape index (κ2) is 8.87. The molecule has 0 atom stereocenters. The van der Waals surface area contributed by atoms with Crippen molar-refractivity contribution in [2.24, 2.45) is 0 Å². The first-order chi connectivity index (χ1) is 12.0. The number of hydrogen-bond donors (Lipinski definition) is 1. The van der Waals surface area contributed by atoms with Gasteiger partial charge in [-0.1, -0.05) is 24.6 Å². The summed E-state index contributed by atoms with van der Waals surface area (Å²) in [7, 11) is 0. The van der Waals surface area contributed by atoms with Gasteiger partial charge < -0.3 is 14.8 Å². The van der Waals surface area contributed by atoms with Crippen LogP contribution in [0.2, 0.25) is 5.02 Å². The third-order valence-corrected chi connectivity index (χ3v) is 4.76. The molecule has 5 nitrogen and oxygen atoms in total. The maximum absolute atomic E-state index is 12.2. The van der Waals surface area contributed by atoms with E-state index in [0.29, 0.717) is 27.8 Å². The SMILES string of the molecule is CCOC(=O)c1c(NC(=O)COc2cccc(Cl)c2)sc(C)c1CC. The number of esters is 1. The van der Waals surface area contributed by atoms with Crippen LogP contribution in [0, 0.1) is 6.92 Å². The van der Waals surface area contributed by atoms with Gasteiger partial charge in [-0.2, -0.15) is 0 Å². The lowest BCUT2D eigenvalue weighted by Gasteiger charge is -2.09. The molecule has 0 saturated carbocycles. The fourth-order valence-electron chi connectivity index (χ4n) is 2.38. The Balaban J connectivity index is 2.10. The molecule has 1 N–H and O–H groups in total. The van der Waals surface area contributed by atoms with E-state index in [9.17, 15) is 9.59 Å². The molecule has 2 aromatic rings. The smallest absolute Gasteiger partial charge is 0.341 e. The van der Waals surface area contributed by atoms with Gasteiger partial charge in [-0.15, -0.1) is 11.3 Å². The number of carbonyl (C=O) groups excluding carboxylic acids is 2. The summed E-state index contributed by atoms with van der Waals surface area (Å²) in [6.07, 6.45) is 0.686. The lowest BCUT2D eigenvalue weighted by molar-refractivity contribution is -0.118. The first-order valence-electron chi connectivity index (χ1n) is 7.93. The fourth-order valence-corrected chi connectivity index (χ4v) is 3.71. The Morgan fingerprint density at radius 2 is 2.04 bits per heavy atom. The zero-order valence-corrected chi connectivity index (χ0v) is 15.9. The molecule has 0 aliphatic rings. The van der Waals surface area contributed by atoms with Crippen LogP contribution >= 0.6 is 22.9 Å². The summed E-state index contributed by atoms with van der Waals surface area (Å²) in [6.45, 7) is 5.74. The summed E-state index contributed by atoms with van der Waals surface area (Å²) in [5, 5.41) is 3.78. The molecule has 0 radical (unpaired) electrons. The molecule has 7 heteroatoms. The second-order valence-electron chi connectivity index (χ2n) is 5.21. The molecular weight excluding hydrogens is 362 g/mol. The van der Waals surface area contributed by atoms with Gasteiger partial charge >= 0.3 is 5.97 Å². The van der Waals surface area contributed by atoms with Crippen LogP contribution in [-0.4, -0.2) is 25.1 Å². The summed E-state index contributed by atoms with van der Waals surface area (Å²) < 4.78 is 10.5. The maximum atomic E-state index is 12.2. The molecule has 25 heavy (non-hydrogen) atoms. The second-order valence-corrected chi connectivity index (χ2v) is 6.87. The minimum absolute atomic E-state index is 0.180. The normalized spacial score (nSPS) is 10.4. The van der Waals surface area contributed by atoms with Gasteiger partial charge in [-0.25, -0.2) is 4.79 Å². The van der Waals surface area contributed by atoms with E-state index in [1.807, 2.05) is 13.8 Å². The van der Waals surface area contributed by atoms with E-state index in [-0.39, 0.29) is 19.1 Å². The van der Waals surface area contributed by atoms with Gasteiger partial charge in [0.15, 0.2) is 6.61 Å². The Labute approximate surface area is 155 Å². The maximum Gasteiger partial charge on any atom is 0.341 e. The number of amides is 1. The number of carbonyl (C=O) groups is 2. The highest BCUT2D eigenvalue weighted by Crippen LogP contribution is 2.34. The summed E-state index contributed by atoms with van der Waals surface area (Å²) in [5.74, 6) is -0.269. The molecule has 0 aliphatic carbocycles. The third kappa shape index (κ3) is 4.96. The lowest BCUT2D eigenvalue weighted by atomic mass is 10.1. The Morgan fingerprint density at radius 3 is 2.68 bits per heavy atom. The Kier molecular flexibility index (Phi) is 6.84. The average Bonchev–Trinajstić information content (AvgIpc) is 2.88. The Hall–Kier alpha value is -2.05. The first kappa shape index (κ1) is 19.3. The molecule has 1 amide bonds. The number of aryl methyl sites for hydroxylation is 1. The average molecular weight is 382 g/mol. The van der Waals surface area contributed by atoms with Crippen LogP contribution in [0.25, 0.3) is 0 Å². The number of anilines is 1. The molecule has 1 heterocycles. The van der Waals surface area contributed by atoms with Crippen molar-refractivity contribution in [2.45, 2.75) is 27.2 Å². The van der Waals surface area contributed by atoms with Gasteiger partial charge in [0.25, 0.3) is 5.91 Å². The number of nitrogens with one attached hydrogen (secondary N) is 1. The number of hydrogen-bond acceptors (Lipinski definition) is 5. The van der Waals surface area contributed by atoms with E-state index in [0.717, 1.165) is 10.4 Å². The fraction of sp³-hybridized carbons (Fsp3) is 0.333. The van der Waals surface area contributed by atoms with Crippen LogP contribution in [0.5, 0.6) is 5.75 Å². The van der Waals surface area contributed by atoms with Crippen molar-refractivity contribution in [3.05, 3.63) is 45.3 Å². The summed E-state index contributed by atoms with van der Waals surface area (Å²) in [4.78, 5) is 25.4. The Morgan fingerprint density at radius 1 is 1.28 bits per heavy atom. The van der Waals surface area contributed by atoms with Gasteiger partial charge in [0.2, 0.25) is 0 Å².